The van der Waals surface area contributed by atoms with Crippen LogP contribution in [0.3, 0.4) is 0 Å². The number of rotatable bonds is 4. The molecule has 0 radical (unpaired) electrons. The second-order valence-corrected chi connectivity index (χ2v) is 5.98. The molecule has 0 unspecified atom stereocenters. The topological polar surface area (TPSA) is 89.5 Å². The average molecular weight is 352 g/mol. The quantitative estimate of drug-likeness (QED) is 0.577. The van der Waals surface area contributed by atoms with E-state index in [-0.39, 0.29) is 11.3 Å². The van der Waals surface area contributed by atoms with E-state index in [0.29, 0.717) is 23.0 Å². The van der Waals surface area contributed by atoms with Gasteiger partial charge in [-0.15, -0.1) is 0 Å². The zero-order valence-corrected chi connectivity index (χ0v) is 15.2. The fraction of sp³-hybridized carbons (Fsp3) is 0.263. The molecule has 1 N–H and O–H groups in total. The molecule has 0 aliphatic carbocycles. The van der Waals surface area contributed by atoms with Gasteiger partial charge in [-0.3, -0.25) is 9.59 Å². The Morgan fingerprint density at radius 2 is 1.96 bits per heavy atom. The molecule has 0 spiro atoms. The smallest absolute Gasteiger partial charge is 0.292 e. The summed E-state index contributed by atoms with van der Waals surface area (Å²) >= 11 is 0. The predicted octanol–water partition coefficient (Wildman–Crippen LogP) is 2.78. The zero-order chi connectivity index (χ0) is 18.8. The van der Waals surface area contributed by atoms with Crippen LogP contribution in [0, 0.1) is 13.8 Å². The van der Waals surface area contributed by atoms with Crippen LogP contribution in [0.25, 0.3) is 10.8 Å². The molecule has 134 valence electrons. The molecule has 7 heteroatoms. The molecule has 2 heterocycles. The predicted molar refractivity (Wildman–Crippen MR) is 99.5 cm³/mol. The summed E-state index contributed by atoms with van der Waals surface area (Å²) in [6.45, 7) is 7.66. The summed E-state index contributed by atoms with van der Waals surface area (Å²) in [6.07, 6.45) is 0. The number of aromatic nitrogens is 2. The van der Waals surface area contributed by atoms with Crippen molar-refractivity contribution in [2.75, 3.05) is 0 Å². The lowest BCUT2D eigenvalue weighted by Gasteiger charge is -2.08. The minimum Gasteiger partial charge on any atom is -0.466 e. The summed E-state index contributed by atoms with van der Waals surface area (Å²) < 4.78 is 6.76. The summed E-state index contributed by atoms with van der Waals surface area (Å²) in [4.78, 5) is 25.0. The van der Waals surface area contributed by atoms with Crippen LogP contribution in [0.15, 0.2) is 44.6 Å². The summed E-state index contributed by atoms with van der Waals surface area (Å²) in [7, 11) is 0. The van der Waals surface area contributed by atoms with Crippen molar-refractivity contribution in [1.29, 1.82) is 0 Å². The van der Waals surface area contributed by atoms with Crippen LogP contribution >= 0.6 is 0 Å². The SMILES string of the molecule is CCn1nc(C(=O)N/N=C(/C)c2cc(C)oc2C)c2ccccc2c1=O. The third kappa shape index (κ3) is 3.15. The highest BCUT2D eigenvalue weighted by Gasteiger charge is 2.16. The van der Waals surface area contributed by atoms with Crippen molar-refractivity contribution >= 4 is 22.4 Å². The van der Waals surface area contributed by atoms with Crippen LogP contribution in [0.4, 0.5) is 0 Å². The van der Waals surface area contributed by atoms with Crippen molar-refractivity contribution in [3.05, 3.63) is 63.5 Å². The molecule has 0 fully saturated rings. The van der Waals surface area contributed by atoms with Gasteiger partial charge in [0.2, 0.25) is 0 Å². The highest BCUT2D eigenvalue weighted by atomic mass is 16.3. The first-order valence-corrected chi connectivity index (χ1v) is 8.34. The van der Waals surface area contributed by atoms with E-state index in [1.54, 1.807) is 38.1 Å². The minimum absolute atomic E-state index is 0.165. The molecule has 3 aromatic rings. The van der Waals surface area contributed by atoms with Crippen LogP contribution in [0.2, 0.25) is 0 Å². The van der Waals surface area contributed by atoms with Gasteiger partial charge in [0.1, 0.15) is 11.5 Å². The van der Waals surface area contributed by atoms with E-state index < -0.39 is 5.91 Å². The maximum absolute atomic E-state index is 12.6. The number of nitrogens with zero attached hydrogens (tertiary/aromatic N) is 3. The Hall–Kier alpha value is -3.22. The van der Waals surface area contributed by atoms with Gasteiger partial charge in [-0.25, -0.2) is 10.1 Å². The molecular formula is C19H20N4O3. The molecule has 0 saturated carbocycles. The molecule has 3 rings (SSSR count). The first kappa shape index (κ1) is 17.6. The lowest BCUT2D eigenvalue weighted by Crippen LogP contribution is -2.28. The van der Waals surface area contributed by atoms with E-state index in [2.05, 4.69) is 15.6 Å². The molecule has 7 nitrogen and oxygen atoms in total. The largest absolute Gasteiger partial charge is 0.466 e. The van der Waals surface area contributed by atoms with Gasteiger partial charge in [0, 0.05) is 17.5 Å². The van der Waals surface area contributed by atoms with Gasteiger partial charge in [-0.05, 0) is 39.8 Å². The van der Waals surface area contributed by atoms with Gasteiger partial charge in [0.25, 0.3) is 11.5 Å². The summed E-state index contributed by atoms with van der Waals surface area (Å²) in [5.74, 6) is 1.04. The first-order chi connectivity index (χ1) is 12.4. The minimum atomic E-state index is -0.472. The number of carbonyl (C=O) groups excluding carboxylic acids is 1. The number of hydrazone groups is 1. The molecule has 1 aromatic carbocycles. The van der Waals surface area contributed by atoms with E-state index in [0.717, 1.165) is 17.1 Å². The van der Waals surface area contributed by atoms with Crippen molar-refractivity contribution < 1.29 is 9.21 Å². The van der Waals surface area contributed by atoms with Crippen molar-refractivity contribution in [3.8, 4) is 0 Å². The number of furan rings is 1. The fourth-order valence-corrected chi connectivity index (χ4v) is 2.85. The molecule has 0 aliphatic heterocycles. The van der Waals surface area contributed by atoms with E-state index >= 15 is 0 Å². The first-order valence-electron chi connectivity index (χ1n) is 8.34. The van der Waals surface area contributed by atoms with Crippen molar-refractivity contribution in [3.63, 3.8) is 0 Å². The van der Waals surface area contributed by atoms with Crippen LogP contribution in [0.1, 0.15) is 41.4 Å². The third-order valence-electron chi connectivity index (χ3n) is 4.14. The second-order valence-electron chi connectivity index (χ2n) is 5.98. The van der Waals surface area contributed by atoms with Gasteiger partial charge < -0.3 is 4.42 Å². The Morgan fingerprint density at radius 1 is 1.27 bits per heavy atom. The lowest BCUT2D eigenvalue weighted by atomic mass is 10.1. The zero-order valence-electron chi connectivity index (χ0n) is 15.2. The van der Waals surface area contributed by atoms with Crippen LogP contribution < -0.4 is 11.0 Å². The summed E-state index contributed by atoms with van der Waals surface area (Å²) in [6, 6.07) is 8.79. The van der Waals surface area contributed by atoms with Crippen LogP contribution in [0.5, 0.6) is 0 Å². The Kier molecular flexibility index (Phi) is 4.71. The number of hydrogen-bond acceptors (Lipinski definition) is 5. The van der Waals surface area contributed by atoms with Crippen LogP contribution in [-0.2, 0) is 6.54 Å². The van der Waals surface area contributed by atoms with E-state index in [1.165, 1.54) is 4.68 Å². The average Bonchev–Trinajstić information content (AvgIpc) is 2.98. The number of carbonyl (C=O) groups is 1. The van der Waals surface area contributed by atoms with Crippen LogP contribution in [-0.4, -0.2) is 21.4 Å². The molecule has 0 saturated heterocycles. The molecule has 1 amide bonds. The molecule has 0 aliphatic rings. The third-order valence-corrected chi connectivity index (χ3v) is 4.14. The Labute approximate surface area is 150 Å². The Bertz CT molecular complexity index is 1080. The second kappa shape index (κ2) is 6.95. The standard InChI is InChI=1S/C19H20N4O3/c1-5-23-19(25)15-9-7-6-8-14(15)17(22-23)18(24)21-20-12(3)16-10-11(2)26-13(16)4/h6-10H,5H2,1-4H3,(H,21,24)/b20-12-. The summed E-state index contributed by atoms with van der Waals surface area (Å²) in [5.41, 5.74) is 3.93. The number of fused-ring (bicyclic) bond motifs is 1. The maximum Gasteiger partial charge on any atom is 0.292 e. The Balaban J connectivity index is 1.98. The molecule has 26 heavy (non-hydrogen) atoms. The van der Waals surface area contributed by atoms with Crippen molar-refractivity contribution in [2.45, 2.75) is 34.2 Å². The number of amides is 1. The molecule has 0 atom stereocenters. The van der Waals surface area contributed by atoms with E-state index in [4.69, 9.17) is 4.42 Å². The van der Waals surface area contributed by atoms with Crippen molar-refractivity contribution in [2.24, 2.45) is 5.10 Å². The van der Waals surface area contributed by atoms with Gasteiger partial charge in [-0.1, -0.05) is 18.2 Å². The molecule has 2 aromatic heterocycles. The number of aryl methyl sites for hydroxylation is 3. The number of nitrogens with one attached hydrogen (secondary N) is 1. The lowest BCUT2D eigenvalue weighted by molar-refractivity contribution is 0.0949. The maximum atomic E-state index is 12.6. The normalized spacial score (nSPS) is 11.8. The highest BCUT2D eigenvalue weighted by Crippen LogP contribution is 2.15. The Morgan fingerprint density at radius 3 is 2.58 bits per heavy atom. The monoisotopic (exact) mass is 352 g/mol. The molecule has 0 bridgehead atoms. The van der Waals surface area contributed by atoms with E-state index in [9.17, 15) is 9.59 Å². The highest BCUT2D eigenvalue weighted by molar-refractivity contribution is 6.06. The number of benzene rings is 1. The van der Waals surface area contributed by atoms with Gasteiger partial charge in [0.15, 0.2) is 5.69 Å². The molecular weight excluding hydrogens is 332 g/mol. The fourth-order valence-electron chi connectivity index (χ4n) is 2.85. The van der Waals surface area contributed by atoms with Crippen molar-refractivity contribution in [1.82, 2.24) is 15.2 Å². The van der Waals surface area contributed by atoms with Gasteiger partial charge >= 0.3 is 0 Å². The number of hydrogen-bond donors (Lipinski definition) is 1. The van der Waals surface area contributed by atoms with Gasteiger partial charge in [-0.2, -0.15) is 10.2 Å². The van der Waals surface area contributed by atoms with Gasteiger partial charge in [0.05, 0.1) is 11.1 Å². The van der Waals surface area contributed by atoms with E-state index in [1.807, 2.05) is 19.9 Å². The summed E-state index contributed by atoms with van der Waals surface area (Å²) in [5, 5.41) is 9.31.